The third kappa shape index (κ3) is 9.88. The Hall–Kier alpha value is -1.14. The maximum atomic E-state index is 11.9. The average molecular weight is 344 g/mol. The van der Waals surface area contributed by atoms with Gasteiger partial charge in [-0.2, -0.15) is 5.12 Å². The Morgan fingerprint density at radius 2 is 1.29 bits per heavy atom. The number of carbonyl (C=O) groups is 2. The smallest absolute Gasteiger partial charge is 0.397 e. The minimum atomic E-state index is -1.45. The lowest BCUT2D eigenvalue weighted by molar-refractivity contribution is -0.160. The molecule has 1 amide bonds. The molecular weight excluding hydrogens is 306 g/mol. The molecule has 6 nitrogen and oxygen atoms in total. The molecule has 142 valence electrons. The van der Waals surface area contributed by atoms with Crippen LogP contribution < -0.4 is 10.9 Å². The van der Waals surface area contributed by atoms with Gasteiger partial charge >= 0.3 is 11.9 Å². The first-order valence-electron chi connectivity index (χ1n) is 9.54. The molecule has 3 N–H and O–H groups in total. The van der Waals surface area contributed by atoms with Crippen LogP contribution in [0.1, 0.15) is 79.1 Å². The second-order valence-electron chi connectivity index (χ2n) is 6.50. The fourth-order valence-corrected chi connectivity index (χ4v) is 2.62. The molecule has 0 aromatic heterocycles. The Morgan fingerprint density at radius 1 is 0.875 bits per heavy atom. The molecule has 0 aliphatic carbocycles. The highest BCUT2D eigenvalue weighted by molar-refractivity contribution is 6.31. The van der Waals surface area contributed by atoms with Crippen LogP contribution in [0.5, 0.6) is 0 Å². The summed E-state index contributed by atoms with van der Waals surface area (Å²) in [6.45, 7) is 9.77. The molecule has 0 aliphatic rings. The molecular formula is C18H37N3O3. The van der Waals surface area contributed by atoms with Gasteiger partial charge in [-0.3, -0.25) is 4.79 Å². The second kappa shape index (κ2) is 14.2. The van der Waals surface area contributed by atoms with Crippen molar-refractivity contribution in [3.05, 3.63) is 0 Å². The molecule has 0 spiro atoms. The van der Waals surface area contributed by atoms with Crippen molar-refractivity contribution in [1.29, 1.82) is 0 Å². The number of carboxylic acid groups (broad SMARTS) is 1. The van der Waals surface area contributed by atoms with Gasteiger partial charge in [0.15, 0.2) is 0 Å². The molecule has 0 rings (SSSR count). The van der Waals surface area contributed by atoms with E-state index in [2.05, 4.69) is 38.5 Å². The fourth-order valence-electron chi connectivity index (χ4n) is 2.62. The van der Waals surface area contributed by atoms with E-state index in [1.165, 1.54) is 0 Å². The summed E-state index contributed by atoms with van der Waals surface area (Å²) in [7, 11) is 0. The Morgan fingerprint density at radius 3 is 1.58 bits per heavy atom. The van der Waals surface area contributed by atoms with Crippen LogP contribution in [0.25, 0.3) is 0 Å². The summed E-state index contributed by atoms with van der Waals surface area (Å²) >= 11 is 0. The van der Waals surface area contributed by atoms with Crippen LogP contribution in [0.4, 0.5) is 0 Å². The number of nitrogens with zero attached hydrogens (tertiary/aromatic N) is 1. The number of amides is 1. The van der Waals surface area contributed by atoms with Crippen molar-refractivity contribution in [3.63, 3.8) is 0 Å². The molecule has 0 fully saturated rings. The summed E-state index contributed by atoms with van der Waals surface area (Å²) in [6, 6.07) is 0. The summed E-state index contributed by atoms with van der Waals surface area (Å²) in [6.07, 6.45) is 8.77. The van der Waals surface area contributed by atoms with E-state index in [9.17, 15) is 9.59 Å². The quantitative estimate of drug-likeness (QED) is 0.333. The Kier molecular flexibility index (Phi) is 13.5. The van der Waals surface area contributed by atoms with Crippen LogP contribution in [-0.2, 0) is 9.59 Å². The van der Waals surface area contributed by atoms with E-state index >= 15 is 0 Å². The molecule has 0 aliphatic heterocycles. The standard InChI is InChI=1S/C18H37N3O3/c1-5-9-11-15(7-3)13-19-21(17(22)18(23)24)20-14-16(8-4)12-10-6-2/h15-16,19-20H,5-14H2,1-4H3,(H,23,24). The van der Waals surface area contributed by atoms with Crippen molar-refractivity contribution in [3.8, 4) is 0 Å². The summed E-state index contributed by atoms with van der Waals surface area (Å²) < 4.78 is 0. The summed E-state index contributed by atoms with van der Waals surface area (Å²) in [5.41, 5.74) is 5.98. The first kappa shape index (κ1) is 22.9. The van der Waals surface area contributed by atoms with Crippen LogP contribution in [0.2, 0.25) is 0 Å². The van der Waals surface area contributed by atoms with Crippen molar-refractivity contribution in [2.75, 3.05) is 13.1 Å². The van der Waals surface area contributed by atoms with E-state index in [0.717, 1.165) is 56.5 Å². The molecule has 2 atom stereocenters. The predicted octanol–water partition coefficient (Wildman–Crippen LogP) is 3.34. The van der Waals surface area contributed by atoms with E-state index in [0.29, 0.717) is 24.9 Å². The van der Waals surface area contributed by atoms with Gasteiger partial charge in [-0.1, -0.05) is 66.2 Å². The van der Waals surface area contributed by atoms with Gasteiger partial charge in [0.1, 0.15) is 0 Å². The van der Waals surface area contributed by atoms with E-state index in [4.69, 9.17) is 5.11 Å². The molecule has 0 radical (unpaired) electrons. The van der Waals surface area contributed by atoms with E-state index in [1.807, 2.05) is 0 Å². The van der Waals surface area contributed by atoms with Gasteiger partial charge < -0.3 is 5.11 Å². The van der Waals surface area contributed by atoms with E-state index < -0.39 is 11.9 Å². The highest BCUT2D eigenvalue weighted by atomic mass is 16.4. The molecule has 6 heteroatoms. The zero-order valence-electron chi connectivity index (χ0n) is 15.9. The van der Waals surface area contributed by atoms with Crippen molar-refractivity contribution in [2.24, 2.45) is 11.8 Å². The number of unbranched alkanes of at least 4 members (excludes halogenated alkanes) is 2. The Labute approximate surface area is 147 Å². The topological polar surface area (TPSA) is 81.7 Å². The molecule has 24 heavy (non-hydrogen) atoms. The first-order chi connectivity index (χ1) is 11.5. The van der Waals surface area contributed by atoms with Crippen molar-refractivity contribution in [1.82, 2.24) is 16.0 Å². The summed E-state index contributed by atoms with van der Waals surface area (Å²) in [5, 5.41) is 10.1. The van der Waals surface area contributed by atoms with Gasteiger partial charge in [0.2, 0.25) is 0 Å². The highest BCUT2D eigenvalue weighted by Gasteiger charge is 2.22. The SMILES string of the molecule is CCCCC(CC)CNN(NCC(CC)CCCC)C(=O)C(=O)O. The van der Waals surface area contributed by atoms with Gasteiger partial charge in [0.05, 0.1) is 0 Å². The summed E-state index contributed by atoms with van der Waals surface area (Å²) in [5.74, 6) is -1.51. The highest BCUT2D eigenvalue weighted by Crippen LogP contribution is 2.12. The maximum Gasteiger partial charge on any atom is 0.397 e. The number of hydrazine groups is 2. The maximum absolute atomic E-state index is 11.9. The normalized spacial score (nSPS) is 13.5. The van der Waals surface area contributed by atoms with E-state index in [1.54, 1.807) is 0 Å². The first-order valence-corrected chi connectivity index (χ1v) is 9.54. The minimum absolute atomic E-state index is 0.443. The monoisotopic (exact) mass is 343 g/mol. The van der Waals surface area contributed by atoms with Crippen molar-refractivity contribution < 1.29 is 14.7 Å². The number of rotatable bonds is 14. The van der Waals surface area contributed by atoms with Crippen molar-refractivity contribution in [2.45, 2.75) is 79.1 Å². The Balaban J connectivity index is 4.57. The largest absolute Gasteiger partial charge is 0.474 e. The number of carboxylic acids is 1. The minimum Gasteiger partial charge on any atom is -0.474 e. The van der Waals surface area contributed by atoms with Crippen LogP contribution in [-0.4, -0.2) is 35.2 Å². The third-order valence-electron chi connectivity index (χ3n) is 4.55. The number of hydrogen-bond donors (Lipinski definition) is 3. The Bertz CT molecular complexity index is 330. The second-order valence-corrected chi connectivity index (χ2v) is 6.50. The predicted molar refractivity (Wildman–Crippen MR) is 97.1 cm³/mol. The molecule has 2 unspecified atom stereocenters. The average Bonchev–Trinajstić information content (AvgIpc) is 2.59. The number of carbonyl (C=O) groups excluding carboxylic acids is 1. The van der Waals surface area contributed by atoms with Gasteiger partial charge in [-0.25, -0.2) is 15.6 Å². The zero-order valence-corrected chi connectivity index (χ0v) is 15.9. The molecule has 0 aromatic carbocycles. The van der Waals surface area contributed by atoms with Crippen molar-refractivity contribution >= 4 is 11.9 Å². The van der Waals surface area contributed by atoms with Gasteiger partial charge in [-0.05, 0) is 24.7 Å². The van der Waals surface area contributed by atoms with Gasteiger partial charge in [-0.15, -0.1) is 0 Å². The lowest BCUT2D eigenvalue weighted by Gasteiger charge is -2.27. The molecule has 0 aromatic rings. The number of nitrogens with one attached hydrogen (secondary N) is 2. The molecule has 0 bridgehead atoms. The molecule has 0 saturated heterocycles. The van der Waals surface area contributed by atoms with Gasteiger partial charge in [0, 0.05) is 13.1 Å². The summed E-state index contributed by atoms with van der Waals surface area (Å²) in [4.78, 5) is 22.9. The number of hydrogen-bond acceptors (Lipinski definition) is 4. The zero-order chi connectivity index (χ0) is 18.4. The molecule has 0 heterocycles. The van der Waals surface area contributed by atoms with Crippen LogP contribution in [0, 0.1) is 11.8 Å². The van der Waals surface area contributed by atoms with Crippen LogP contribution in [0.15, 0.2) is 0 Å². The van der Waals surface area contributed by atoms with Crippen LogP contribution in [0.3, 0.4) is 0 Å². The lowest BCUT2D eigenvalue weighted by Crippen LogP contribution is -2.56. The van der Waals surface area contributed by atoms with Crippen LogP contribution >= 0.6 is 0 Å². The third-order valence-corrected chi connectivity index (χ3v) is 4.55. The fraction of sp³-hybridized carbons (Fsp3) is 0.889. The molecule has 0 saturated carbocycles. The lowest BCUT2D eigenvalue weighted by atomic mass is 9.99. The number of aliphatic carboxylic acids is 1. The van der Waals surface area contributed by atoms with Gasteiger partial charge in [0.25, 0.3) is 0 Å². The van der Waals surface area contributed by atoms with E-state index in [-0.39, 0.29) is 0 Å².